The molecule has 1 saturated carbocycles. The molecule has 2 atom stereocenters. The zero-order chi connectivity index (χ0) is 13.8. The third-order valence-corrected chi connectivity index (χ3v) is 4.20. The zero-order valence-electron chi connectivity index (χ0n) is 10.7. The van der Waals surface area contributed by atoms with Gasteiger partial charge in [-0.25, -0.2) is 4.39 Å². The van der Waals surface area contributed by atoms with E-state index >= 15 is 0 Å². The Balaban J connectivity index is 2.04. The maximum Gasteiger partial charge on any atom is 0.229 e. The summed E-state index contributed by atoms with van der Waals surface area (Å²) in [6.07, 6.45) is 4.99. The third kappa shape index (κ3) is 3.76. The van der Waals surface area contributed by atoms with Gasteiger partial charge in [0, 0.05) is 11.7 Å². The van der Waals surface area contributed by atoms with Crippen LogP contribution in [0, 0.1) is 11.7 Å². The maximum absolute atomic E-state index is 13.1. The Bertz CT molecular complexity index is 467. The fourth-order valence-corrected chi connectivity index (χ4v) is 2.85. The fourth-order valence-electron chi connectivity index (χ4n) is 2.47. The molecule has 2 unspecified atom stereocenters. The van der Waals surface area contributed by atoms with Crippen LogP contribution < -0.4 is 11.1 Å². The number of nitrogens with two attached hydrogens (primary N) is 1. The number of carbonyl (C=O) groups is 1. The van der Waals surface area contributed by atoms with E-state index in [2.05, 4.69) is 21.2 Å². The molecule has 2 rings (SSSR count). The highest BCUT2D eigenvalue weighted by Crippen LogP contribution is 2.25. The predicted molar refractivity (Wildman–Crippen MR) is 77.3 cm³/mol. The van der Waals surface area contributed by atoms with Crippen LogP contribution >= 0.6 is 15.9 Å². The lowest BCUT2D eigenvalue weighted by Gasteiger charge is -2.20. The summed E-state index contributed by atoms with van der Waals surface area (Å²) in [5.41, 5.74) is 6.65. The summed E-state index contributed by atoms with van der Waals surface area (Å²) in [6, 6.07) is 4.37. The predicted octanol–water partition coefficient (Wildman–Crippen LogP) is 3.43. The SMILES string of the molecule is NC1CCCCCC1C(=O)Nc1ccc(F)c(Br)c1. The number of hydrogen-bond acceptors (Lipinski definition) is 2. The van der Waals surface area contributed by atoms with Gasteiger partial charge in [0.1, 0.15) is 5.82 Å². The van der Waals surface area contributed by atoms with Gasteiger partial charge in [-0.1, -0.05) is 19.3 Å². The van der Waals surface area contributed by atoms with Crippen molar-refractivity contribution in [1.82, 2.24) is 0 Å². The highest BCUT2D eigenvalue weighted by Gasteiger charge is 2.27. The number of anilines is 1. The minimum atomic E-state index is -0.343. The number of amides is 1. The van der Waals surface area contributed by atoms with Crippen LogP contribution in [0.5, 0.6) is 0 Å². The van der Waals surface area contributed by atoms with Crippen molar-refractivity contribution in [1.29, 1.82) is 0 Å². The molecule has 5 heteroatoms. The van der Waals surface area contributed by atoms with Crippen LogP contribution in [0.15, 0.2) is 22.7 Å². The monoisotopic (exact) mass is 328 g/mol. The first-order valence-electron chi connectivity index (χ1n) is 6.59. The van der Waals surface area contributed by atoms with E-state index in [4.69, 9.17) is 5.73 Å². The fraction of sp³-hybridized carbons (Fsp3) is 0.500. The van der Waals surface area contributed by atoms with Crippen molar-refractivity contribution in [3.63, 3.8) is 0 Å². The van der Waals surface area contributed by atoms with Crippen LogP contribution in [-0.2, 0) is 4.79 Å². The molecule has 3 nitrogen and oxygen atoms in total. The number of hydrogen-bond donors (Lipinski definition) is 2. The van der Waals surface area contributed by atoms with E-state index in [9.17, 15) is 9.18 Å². The second-order valence-electron chi connectivity index (χ2n) is 5.03. The molecule has 1 aromatic carbocycles. The van der Waals surface area contributed by atoms with E-state index in [0.29, 0.717) is 10.2 Å². The Kier molecular flexibility index (Phi) is 4.93. The lowest BCUT2D eigenvalue weighted by atomic mass is 9.94. The normalized spacial score (nSPS) is 23.7. The van der Waals surface area contributed by atoms with E-state index in [0.717, 1.165) is 32.1 Å². The summed E-state index contributed by atoms with van der Waals surface area (Å²) in [5, 5.41) is 2.82. The highest BCUT2D eigenvalue weighted by atomic mass is 79.9. The van der Waals surface area contributed by atoms with Gasteiger partial charge in [-0.2, -0.15) is 0 Å². The van der Waals surface area contributed by atoms with Gasteiger partial charge < -0.3 is 11.1 Å². The highest BCUT2D eigenvalue weighted by molar-refractivity contribution is 9.10. The van der Waals surface area contributed by atoms with Crippen LogP contribution in [0.25, 0.3) is 0 Å². The zero-order valence-corrected chi connectivity index (χ0v) is 12.2. The number of rotatable bonds is 2. The van der Waals surface area contributed by atoms with Crippen LogP contribution in [0.2, 0.25) is 0 Å². The lowest BCUT2D eigenvalue weighted by Crippen LogP contribution is -2.37. The van der Waals surface area contributed by atoms with E-state index in [1.807, 2.05) is 0 Å². The third-order valence-electron chi connectivity index (χ3n) is 3.59. The molecule has 0 saturated heterocycles. The van der Waals surface area contributed by atoms with E-state index in [1.165, 1.54) is 6.07 Å². The Hall–Kier alpha value is -0.940. The van der Waals surface area contributed by atoms with Gasteiger partial charge in [-0.15, -0.1) is 0 Å². The first-order valence-corrected chi connectivity index (χ1v) is 7.38. The summed E-state index contributed by atoms with van der Waals surface area (Å²) < 4.78 is 13.5. The summed E-state index contributed by atoms with van der Waals surface area (Å²) in [4.78, 5) is 12.2. The second-order valence-corrected chi connectivity index (χ2v) is 5.88. The molecule has 1 amide bonds. The molecule has 1 aliphatic carbocycles. The van der Waals surface area contributed by atoms with Crippen LogP contribution in [0.4, 0.5) is 10.1 Å². The molecule has 3 N–H and O–H groups in total. The number of benzene rings is 1. The van der Waals surface area contributed by atoms with Crippen molar-refractivity contribution in [2.75, 3.05) is 5.32 Å². The second kappa shape index (κ2) is 6.48. The first-order chi connectivity index (χ1) is 9.08. The molecule has 104 valence electrons. The van der Waals surface area contributed by atoms with Gasteiger partial charge in [0.15, 0.2) is 0 Å². The van der Waals surface area contributed by atoms with Crippen molar-refractivity contribution in [3.8, 4) is 0 Å². The number of nitrogens with one attached hydrogen (secondary N) is 1. The van der Waals surface area contributed by atoms with Gasteiger partial charge >= 0.3 is 0 Å². The Morgan fingerprint density at radius 3 is 2.79 bits per heavy atom. The molecular formula is C14H18BrFN2O. The van der Waals surface area contributed by atoms with Gasteiger partial charge in [0.05, 0.1) is 10.4 Å². The topological polar surface area (TPSA) is 55.1 Å². The average molecular weight is 329 g/mol. The standard InChI is InChI=1S/C14H18BrFN2O/c15-11-8-9(6-7-12(11)16)18-14(19)10-4-2-1-3-5-13(10)17/h6-8,10,13H,1-5,17H2,(H,18,19). The maximum atomic E-state index is 13.1. The molecule has 19 heavy (non-hydrogen) atoms. The number of halogens is 2. The molecule has 0 aromatic heterocycles. The van der Waals surface area contributed by atoms with Gasteiger partial charge in [-0.3, -0.25) is 4.79 Å². The van der Waals surface area contributed by atoms with Crippen molar-refractivity contribution in [3.05, 3.63) is 28.5 Å². The van der Waals surface area contributed by atoms with E-state index < -0.39 is 0 Å². The molecule has 0 radical (unpaired) electrons. The smallest absolute Gasteiger partial charge is 0.229 e. The summed E-state index contributed by atoms with van der Waals surface area (Å²) >= 11 is 3.11. The Labute approximate surface area is 120 Å². The molecule has 0 heterocycles. The molecular weight excluding hydrogens is 311 g/mol. The largest absolute Gasteiger partial charge is 0.327 e. The molecule has 1 aromatic rings. The van der Waals surface area contributed by atoms with Crippen LogP contribution in [0.1, 0.15) is 32.1 Å². The van der Waals surface area contributed by atoms with Gasteiger partial charge in [-0.05, 0) is 47.0 Å². The van der Waals surface area contributed by atoms with Crippen molar-refractivity contribution in [2.24, 2.45) is 11.7 Å². The minimum absolute atomic E-state index is 0.0621. The van der Waals surface area contributed by atoms with Crippen LogP contribution in [-0.4, -0.2) is 11.9 Å². The summed E-state index contributed by atoms with van der Waals surface area (Å²) in [7, 11) is 0. The Morgan fingerprint density at radius 1 is 1.32 bits per heavy atom. The average Bonchev–Trinajstić information content (AvgIpc) is 2.58. The lowest BCUT2D eigenvalue weighted by molar-refractivity contribution is -0.120. The van der Waals surface area contributed by atoms with E-state index in [1.54, 1.807) is 12.1 Å². The van der Waals surface area contributed by atoms with Crippen molar-refractivity contribution in [2.45, 2.75) is 38.1 Å². The number of carbonyl (C=O) groups excluding carboxylic acids is 1. The molecule has 1 aliphatic rings. The molecule has 0 bridgehead atoms. The Morgan fingerprint density at radius 2 is 2.05 bits per heavy atom. The summed E-state index contributed by atoms with van der Waals surface area (Å²) in [6.45, 7) is 0. The van der Waals surface area contributed by atoms with Crippen LogP contribution in [0.3, 0.4) is 0 Å². The van der Waals surface area contributed by atoms with E-state index in [-0.39, 0.29) is 23.7 Å². The quantitative estimate of drug-likeness (QED) is 0.817. The van der Waals surface area contributed by atoms with Crippen molar-refractivity contribution >= 4 is 27.5 Å². The molecule has 0 aliphatic heterocycles. The van der Waals surface area contributed by atoms with Gasteiger partial charge in [0.2, 0.25) is 5.91 Å². The summed E-state index contributed by atoms with van der Waals surface area (Å²) in [5.74, 6) is -0.552. The molecule has 1 fully saturated rings. The minimum Gasteiger partial charge on any atom is -0.327 e. The first kappa shape index (κ1) is 14.5. The molecule has 0 spiro atoms. The van der Waals surface area contributed by atoms with Crippen molar-refractivity contribution < 1.29 is 9.18 Å². The van der Waals surface area contributed by atoms with Gasteiger partial charge in [0.25, 0.3) is 0 Å².